The molecule has 1 heterocycles. The smallest absolute Gasteiger partial charge is 0.220 e. The van der Waals surface area contributed by atoms with Crippen LogP contribution in [0.15, 0.2) is 79.0 Å². The van der Waals surface area contributed by atoms with Crippen molar-refractivity contribution in [2.24, 2.45) is 0 Å². The number of hydrogen-bond donors (Lipinski definition) is 2. The van der Waals surface area contributed by atoms with Crippen molar-refractivity contribution in [1.82, 2.24) is 10.3 Å². The van der Waals surface area contributed by atoms with Crippen LogP contribution < -0.4 is 14.8 Å². The number of carbonyl (C=O) groups excluding carboxylic acids is 1. The number of aromatic nitrogens is 1. The quantitative estimate of drug-likeness (QED) is 0.391. The number of aryl methyl sites for hydroxylation is 1. The average molecular weight is 429 g/mol. The van der Waals surface area contributed by atoms with E-state index in [4.69, 9.17) is 9.47 Å². The maximum absolute atomic E-state index is 12.7. The predicted octanol–water partition coefficient (Wildman–Crippen LogP) is 5.07. The third kappa shape index (κ3) is 4.62. The molecule has 4 aromatic rings. The lowest BCUT2D eigenvalue weighted by molar-refractivity contribution is -0.121. The highest BCUT2D eigenvalue weighted by atomic mass is 16.5. The fourth-order valence-corrected chi connectivity index (χ4v) is 4.16. The fourth-order valence-electron chi connectivity index (χ4n) is 4.16. The molecule has 0 spiro atoms. The summed E-state index contributed by atoms with van der Waals surface area (Å²) in [6, 6.07) is 24.1. The standard InChI is InChI=1S/C27H28N2O3/c1-31-25-14-8-12-21(27(25)32-2)23(22-17-28-24-13-7-6-11-20(22)24)18-29-26(30)16-15-19-9-4-3-5-10-19/h3-14,17,23,28H,15-16,18H2,1-2H3,(H,29,30)/t23-/m0/s1. The maximum Gasteiger partial charge on any atom is 0.220 e. The summed E-state index contributed by atoms with van der Waals surface area (Å²) >= 11 is 0. The second-order valence-electron chi connectivity index (χ2n) is 7.71. The second-order valence-corrected chi connectivity index (χ2v) is 7.71. The zero-order valence-electron chi connectivity index (χ0n) is 18.4. The molecule has 1 atom stereocenters. The van der Waals surface area contributed by atoms with Gasteiger partial charge in [-0.2, -0.15) is 0 Å². The molecule has 3 aromatic carbocycles. The van der Waals surface area contributed by atoms with Gasteiger partial charge in [-0.1, -0.05) is 60.7 Å². The molecule has 2 N–H and O–H groups in total. The summed E-state index contributed by atoms with van der Waals surface area (Å²) in [4.78, 5) is 16.0. The molecule has 0 saturated carbocycles. The Balaban J connectivity index is 1.61. The van der Waals surface area contributed by atoms with Crippen molar-refractivity contribution in [1.29, 1.82) is 0 Å². The highest BCUT2D eigenvalue weighted by Crippen LogP contribution is 2.40. The van der Waals surface area contributed by atoms with Crippen LogP contribution >= 0.6 is 0 Å². The number of fused-ring (bicyclic) bond motifs is 1. The number of H-pyrrole nitrogens is 1. The molecular formula is C27H28N2O3. The largest absolute Gasteiger partial charge is 0.493 e. The van der Waals surface area contributed by atoms with Crippen molar-refractivity contribution in [2.75, 3.05) is 20.8 Å². The first-order valence-electron chi connectivity index (χ1n) is 10.8. The molecule has 0 bridgehead atoms. The zero-order chi connectivity index (χ0) is 22.3. The lowest BCUT2D eigenvalue weighted by Crippen LogP contribution is -2.29. The van der Waals surface area contributed by atoms with Crippen LogP contribution in [0.2, 0.25) is 0 Å². The summed E-state index contributed by atoms with van der Waals surface area (Å²) in [5, 5.41) is 4.27. The van der Waals surface area contributed by atoms with Gasteiger partial charge in [0.05, 0.1) is 14.2 Å². The SMILES string of the molecule is COc1cccc([C@H](CNC(=O)CCc2ccccc2)c2c[nH]c3ccccc23)c1OC. The predicted molar refractivity (Wildman–Crippen MR) is 127 cm³/mol. The van der Waals surface area contributed by atoms with E-state index in [1.807, 2.05) is 66.9 Å². The van der Waals surface area contributed by atoms with Gasteiger partial charge < -0.3 is 19.8 Å². The Morgan fingerprint density at radius 1 is 0.906 bits per heavy atom. The first-order chi connectivity index (χ1) is 15.7. The Kier molecular flexibility index (Phi) is 6.75. The molecule has 0 aliphatic carbocycles. The van der Waals surface area contributed by atoms with Gasteiger partial charge in [-0.3, -0.25) is 4.79 Å². The Morgan fingerprint density at radius 3 is 2.47 bits per heavy atom. The molecular weight excluding hydrogens is 400 g/mol. The summed E-state index contributed by atoms with van der Waals surface area (Å²) in [7, 11) is 3.28. The second kappa shape index (κ2) is 10.1. The number of aromatic amines is 1. The number of methoxy groups -OCH3 is 2. The van der Waals surface area contributed by atoms with Crippen LogP contribution in [0.3, 0.4) is 0 Å². The third-order valence-corrected chi connectivity index (χ3v) is 5.79. The van der Waals surface area contributed by atoms with Gasteiger partial charge >= 0.3 is 0 Å². The van der Waals surface area contributed by atoms with E-state index in [-0.39, 0.29) is 11.8 Å². The van der Waals surface area contributed by atoms with E-state index >= 15 is 0 Å². The Morgan fingerprint density at radius 2 is 1.69 bits per heavy atom. The van der Waals surface area contributed by atoms with Crippen molar-refractivity contribution in [2.45, 2.75) is 18.8 Å². The highest BCUT2D eigenvalue weighted by molar-refractivity contribution is 5.84. The molecule has 0 radical (unpaired) electrons. The van der Waals surface area contributed by atoms with Crippen molar-refractivity contribution in [3.8, 4) is 11.5 Å². The topological polar surface area (TPSA) is 63.3 Å². The van der Waals surface area contributed by atoms with E-state index in [0.717, 1.165) is 27.6 Å². The fraction of sp³-hybridized carbons (Fsp3) is 0.222. The molecule has 0 saturated heterocycles. The summed E-state index contributed by atoms with van der Waals surface area (Å²) in [5.74, 6) is 1.28. The number of carbonyl (C=O) groups is 1. The van der Waals surface area contributed by atoms with Gasteiger partial charge in [-0.25, -0.2) is 0 Å². The molecule has 1 amide bonds. The van der Waals surface area contributed by atoms with Crippen LogP contribution in [-0.4, -0.2) is 31.7 Å². The van der Waals surface area contributed by atoms with Crippen LogP contribution in [0.5, 0.6) is 11.5 Å². The van der Waals surface area contributed by atoms with E-state index in [9.17, 15) is 4.79 Å². The van der Waals surface area contributed by atoms with E-state index in [1.54, 1.807) is 14.2 Å². The van der Waals surface area contributed by atoms with Crippen molar-refractivity contribution >= 4 is 16.8 Å². The van der Waals surface area contributed by atoms with Crippen LogP contribution in [0, 0.1) is 0 Å². The van der Waals surface area contributed by atoms with Gasteiger partial charge in [0.25, 0.3) is 0 Å². The van der Waals surface area contributed by atoms with Gasteiger partial charge in [0.1, 0.15) is 0 Å². The highest BCUT2D eigenvalue weighted by Gasteiger charge is 2.24. The Labute approximate surface area is 188 Å². The minimum atomic E-state index is -0.100. The number of benzene rings is 3. The zero-order valence-corrected chi connectivity index (χ0v) is 18.4. The number of amides is 1. The summed E-state index contributed by atoms with van der Waals surface area (Å²) in [6.45, 7) is 0.457. The van der Waals surface area contributed by atoms with Gasteiger partial charge in [0.2, 0.25) is 5.91 Å². The number of hydrogen-bond acceptors (Lipinski definition) is 3. The summed E-state index contributed by atoms with van der Waals surface area (Å²) in [5.41, 5.74) is 4.30. The molecule has 5 nitrogen and oxygen atoms in total. The lowest BCUT2D eigenvalue weighted by Gasteiger charge is -2.22. The molecule has 0 unspecified atom stereocenters. The van der Waals surface area contributed by atoms with Crippen LogP contribution in [0.25, 0.3) is 10.9 Å². The summed E-state index contributed by atoms with van der Waals surface area (Å²) in [6.07, 6.45) is 3.18. The lowest BCUT2D eigenvalue weighted by atomic mass is 9.89. The van der Waals surface area contributed by atoms with Crippen molar-refractivity contribution in [3.63, 3.8) is 0 Å². The third-order valence-electron chi connectivity index (χ3n) is 5.79. The average Bonchev–Trinajstić information content (AvgIpc) is 3.27. The number of ether oxygens (including phenoxy) is 2. The molecule has 0 aliphatic heterocycles. The first-order valence-corrected chi connectivity index (χ1v) is 10.8. The molecule has 5 heteroatoms. The molecule has 0 fully saturated rings. The Hall–Kier alpha value is -3.73. The molecule has 4 rings (SSSR count). The maximum atomic E-state index is 12.7. The normalized spacial score (nSPS) is 11.8. The van der Waals surface area contributed by atoms with Crippen LogP contribution in [-0.2, 0) is 11.2 Å². The molecule has 32 heavy (non-hydrogen) atoms. The van der Waals surface area contributed by atoms with Crippen molar-refractivity contribution in [3.05, 3.63) is 95.7 Å². The monoisotopic (exact) mass is 428 g/mol. The van der Waals surface area contributed by atoms with Crippen LogP contribution in [0.1, 0.15) is 29.0 Å². The van der Waals surface area contributed by atoms with E-state index in [1.165, 1.54) is 0 Å². The van der Waals surface area contributed by atoms with Crippen molar-refractivity contribution < 1.29 is 14.3 Å². The van der Waals surface area contributed by atoms with Gasteiger partial charge in [-0.05, 0) is 29.7 Å². The van der Waals surface area contributed by atoms with E-state index in [0.29, 0.717) is 30.9 Å². The summed E-state index contributed by atoms with van der Waals surface area (Å²) < 4.78 is 11.2. The minimum Gasteiger partial charge on any atom is -0.493 e. The number of nitrogens with one attached hydrogen (secondary N) is 2. The molecule has 1 aromatic heterocycles. The van der Waals surface area contributed by atoms with E-state index in [2.05, 4.69) is 22.4 Å². The van der Waals surface area contributed by atoms with Gasteiger partial charge in [-0.15, -0.1) is 0 Å². The molecule has 164 valence electrons. The van der Waals surface area contributed by atoms with Gasteiger partial charge in [0.15, 0.2) is 11.5 Å². The minimum absolute atomic E-state index is 0.0283. The first kappa shape index (κ1) is 21.5. The number of para-hydroxylation sites is 2. The van der Waals surface area contributed by atoms with Gasteiger partial charge in [0, 0.05) is 41.5 Å². The molecule has 0 aliphatic rings. The van der Waals surface area contributed by atoms with Crippen LogP contribution in [0.4, 0.5) is 0 Å². The van der Waals surface area contributed by atoms with E-state index < -0.39 is 0 Å². The number of rotatable bonds is 9. The Bertz CT molecular complexity index is 1180.